The Morgan fingerprint density at radius 3 is 2.58 bits per heavy atom. The number of fused-ring (bicyclic) bond motifs is 1. The number of benzene rings is 1. The van der Waals surface area contributed by atoms with E-state index in [1.54, 1.807) is 11.1 Å². The van der Waals surface area contributed by atoms with Crippen LogP contribution in [0.15, 0.2) is 24.4 Å². The Morgan fingerprint density at radius 1 is 1.24 bits per heavy atom. The number of aryl methyl sites for hydroxylation is 1. The van der Waals surface area contributed by atoms with E-state index in [2.05, 4.69) is 10.3 Å². The van der Waals surface area contributed by atoms with Crippen molar-refractivity contribution in [2.45, 2.75) is 70.5 Å². The zero-order valence-corrected chi connectivity index (χ0v) is 19.6. The molecule has 0 radical (unpaired) electrons. The number of nitrogens with zero attached hydrogens (tertiary/aromatic N) is 2. The Balaban J connectivity index is 1.58. The first-order chi connectivity index (χ1) is 15.5. The predicted octanol–water partition coefficient (Wildman–Crippen LogP) is 3.28. The van der Waals surface area contributed by atoms with E-state index in [4.69, 9.17) is 4.74 Å². The van der Waals surface area contributed by atoms with Gasteiger partial charge in [-0.2, -0.15) is 0 Å². The fraction of sp³-hybridized carbons (Fsp3) is 0.520. The molecule has 0 saturated carbocycles. The van der Waals surface area contributed by atoms with Gasteiger partial charge in [0.1, 0.15) is 5.60 Å². The van der Waals surface area contributed by atoms with Crippen LogP contribution in [0, 0.1) is 6.92 Å². The fourth-order valence-electron chi connectivity index (χ4n) is 4.72. The van der Waals surface area contributed by atoms with Gasteiger partial charge in [0.15, 0.2) is 0 Å². The van der Waals surface area contributed by atoms with Crippen LogP contribution < -0.4 is 5.32 Å². The number of nitrogens with one attached hydrogen (secondary N) is 1. The molecule has 2 aliphatic rings. The van der Waals surface area contributed by atoms with E-state index in [9.17, 15) is 19.5 Å². The summed E-state index contributed by atoms with van der Waals surface area (Å²) >= 11 is 0. The lowest BCUT2D eigenvalue weighted by atomic mass is 9.81. The molecule has 8 heteroatoms. The largest absolute Gasteiger partial charge is 0.444 e. The highest BCUT2D eigenvalue weighted by Crippen LogP contribution is 2.38. The Morgan fingerprint density at radius 2 is 1.94 bits per heavy atom. The van der Waals surface area contributed by atoms with Crippen molar-refractivity contribution in [1.29, 1.82) is 0 Å². The van der Waals surface area contributed by atoms with Gasteiger partial charge in [-0.3, -0.25) is 19.9 Å². The van der Waals surface area contributed by atoms with E-state index >= 15 is 0 Å². The first-order valence-corrected chi connectivity index (χ1v) is 11.4. The first kappa shape index (κ1) is 23.2. The van der Waals surface area contributed by atoms with Gasteiger partial charge in [0, 0.05) is 31.1 Å². The topological polar surface area (TPSA) is 109 Å². The molecule has 0 spiro atoms. The summed E-state index contributed by atoms with van der Waals surface area (Å²) in [6, 6.07) is 5.73. The highest BCUT2D eigenvalue weighted by molar-refractivity contribution is 6.01. The molecule has 4 rings (SSSR count). The smallest absolute Gasteiger partial charge is 0.410 e. The van der Waals surface area contributed by atoms with E-state index < -0.39 is 17.1 Å². The minimum atomic E-state index is -1.07. The van der Waals surface area contributed by atoms with Gasteiger partial charge in [-0.05, 0) is 75.8 Å². The van der Waals surface area contributed by atoms with Crippen LogP contribution in [0.1, 0.15) is 69.1 Å². The molecular weight excluding hydrogens is 422 g/mol. The van der Waals surface area contributed by atoms with Gasteiger partial charge in [0.05, 0.1) is 17.0 Å². The van der Waals surface area contributed by atoms with E-state index in [1.165, 1.54) is 0 Å². The number of carbonyl (C=O) groups excluding carboxylic acids is 3. The summed E-state index contributed by atoms with van der Waals surface area (Å²) in [6.07, 6.45) is 2.90. The number of piperidine rings is 2. The Bertz CT molecular complexity index is 1110. The van der Waals surface area contributed by atoms with Gasteiger partial charge in [-0.1, -0.05) is 6.07 Å². The second kappa shape index (κ2) is 8.41. The molecule has 1 aromatic carbocycles. The van der Waals surface area contributed by atoms with Crippen molar-refractivity contribution >= 4 is 28.8 Å². The minimum Gasteiger partial charge on any atom is -0.444 e. The van der Waals surface area contributed by atoms with Crippen molar-refractivity contribution in [1.82, 2.24) is 15.2 Å². The minimum absolute atomic E-state index is 0.247. The molecule has 0 bridgehead atoms. The molecule has 2 aliphatic heterocycles. The lowest BCUT2D eigenvalue weighted by molar-refractivity contribution is -0.134. The number of hydrogen-bond donors (Lipinski definition) is 2. The SMILES string of the molecule is Cc1c(C2(O)CCN(C(=O)OC(C)(C)C)CC2)ccc2ncc(C3CCC(=O)NC3=O)cc12. The van der Waals surface area contributed by atoms with Gasteiger partial charge < -0.3 is 14.7 Å². The molecule has 3 amide bonds. The van der Waals surface area contributed by atoms with Crippen LogP contribution in [-0.2, 0) is 19.9 Å². The Labute approximate surface area is 193 Å². The Hall–Kier alpha value is -3.00. The van der Waals surface area contributed by atoms with Gasteiger partial charge in [0.2, 0.25) is 11.8 Å². The molecule has 33 heavy (non-hydrogen) atoms. The van der Waals surface area contributed by atoms with Crippen molar-refractivity contribution in [3.63, 3.8) is 0 Å². The van der Waals surface area contributed by atoms with Crippen LogP contribution >= 0.6 is 0 Å². The van der Waals surface area contributed by atoms with Crippen LogP contribution in [0.2, 0.25) is 0 Å². The third kappa shape index (κ3) is 4.71. The van der Waals surface area contributed by atoms with Crippen LogP contribution in [0.5, 0.6) is 0 Å². The standard InChI is InChI=1S/C25H31N3O5/c1-15-18-13-16(17-5-8-21(29)27-22(17)30)14-26-20(18)7-6-19(15)25(32)9-11-28(12-10-25)23(31)33-24(2,3)4/h6-7,13-14,17,32H,5,8-12H2,1-4H3,(H,27,29,30). The Kier molecular flexibility index (Phi) is 5.90. The van der Waals surface area contributed by atoms with Crippen LogP contribution in [0.25, 0.3) is 10.9 Å². The average molecular weight is 454 g/mol. The molecule has 1 unspecified atom stereocenters. The van der Waals surface area contributed by atoms with Crippen molar-refractivity contribution < 1.29 is 24.2 Å². The summed E-state index contributed by atoms with van der Waals surface area (Å²) < 4.78 is 5.46. The zero-order valence-electron chi connectivity index (χ0n) is 19.6. The number of imide groups is 1. The maximum absolute atomic E-state index is 12.4. The van der Waals surface area contributed by atoms with Gasteiger partial charge >= 0.3 is 6.09 Å². The summed E-state index contributed by atoms with van der Waals surface area (Å²) in [5.74, 6) is -0.958. The molecule has 1 aromatic heterocycles. The van der Waals surface area contributed by atoms with E-state index in [0.717, 1.165) is 27.6 Å². The number of likely N-dealkylation sites (tertiary alicyclic amines) is 1. The highest BCUT2D eigenvalue weighted by Gasteiger charge is 2.38. The molecule has 2 aromatic rings. The number of hydrogen-bond acceptors (Lipinski definition) is 6. The number of aliphatic hydroxyl groups is 1. The molecule has 176 valence electrons. The van der Waals surface area contributed by atoms with Crippen LogP contribution in [0.3, 0.4) is 0 Å². The van der Waals surface area contributed by atoms with Crippen molar-refractivity contribution in [2.24, 2.45) is 0 Å². The van der Waals surface area contributed by atoms with E-state index in [-0.39, 0.29) is 17.9 Å². The average Bonchev–Trinajstić information content (AvgIpc) is 2.73. The first-order valence-electron chi connectivity index (χ1n) is 11.4. The third-order valence-electron chi connectivity index (χ3n) is 6.54. The van der Waals surface area contributed by atoms with Gasteiger partial charge in [0.25, 0.3) is 0 Å². The summed E-state index contributed by atoms with van der Waals surface area (Å²) in [5.41, 5.74) is 1.62. The summed E-state index contributed by atoms with van der Waals surface area (Å²) in [7, 11) is 0. The van der Waals surface area contributed by atoms with Crippen LogP contribution in [-0.4, -0.2) is 51.6 Å². The maximum atomic E-state index is 12.4. The summed E-state index contributed by atoms with van der Waals surface area (Å²) in [4.78, 5) is 42.4. The number of pyridine rings is 1. The lowest BCUT2D eigenvalue weighted by Crippen LogP contribution is -2.47. The molecule has 2 N–H and O–H groups in total. The zero-order chi connectivity index (χ0) is 24.0. The second-order valence-electron chi connectivity index (χ2n) is 10.1. The predicted molar refractivity (Wildman–Crippen MR) is 123 cm³/mol. The van der Waals surface area contributed by atoms with E-state index in [1.807, 2.05) is 45.9 Å². The van der Waals surface area contributed by atoms with E-state index in [0.29, 0.717) is 38.8 Å². The molecule has 2 fully saturated rings. The number of carbonyl (C=O) groups is 3. The second-order valence-corrected chi connectivity index (χ2v) is 10.1. The van der Waals surface area contributed by atoms with Gasteiger partial charge in [-0.15, -0.1) is 0 Å². The number of amides is 3. The number of ether oxygens (including phenoxy) is 1. The lowest BCUT2D eigenvalue weighted by Gasteiger charge is -2.39. The third-order valence-corrected chi connectivity index (χ3v) is 6.54. The van der Waals surface area contributed by atoms with Gasteiger partial charge in [-0.25, -0.2) is 4.79 Å². The van der Waals surface area contributed by atoms with Crippen LogP contribution in [0.4, 0.5) is 4.79 Å². The fourth-order valence-corrected chi connectivity index (χ4v) is 4.72. The summed E-state index contributed by atoms with van der Waals surface area (Å²) in [5, 5.41) is 14.8. The molecular formula is C25H31N3O5. The molecule has 2 saturated heterocycles. The monoisotopic (exact) mass is 453 g/mol. The molecule has 1 atom stereocenters. The summed E-state index contributed by atoms with van der Waals surface area (Å²) in [6.45, 7) is 8.25. The maximum Gasteiger partial charge on any atom is 0.410 e. The normalized spacial score (nSPS) is 21.1. The molecule has 0 aliphatic carbocycles. The highest BCUT2D eigenvalue weighted by atomic mass is 16.6. The van der Waals surface area contributed by atoms with Crippen molar-refractivity contribution in [2.75, 3.05) is 13.1 Å². The van der Waals surface area contributed by atoms with Crippen molar-refractivity contribution in [3.05, 3.63) is 41.1 Å². The molecule has 8 nitrogen and oxygen atoms in total. The molecule has 3 heterocycles. The quantitative estimate of drug-likeness (QED) is 0.676. The number of rotatable bonds is 2. The van der Waals surface area contributed by atoms with Crippen molar-refractivity contribution in [3.8, 4) is 0 Å². The number of aromatic nitrogens is 1.